The van der Waals surface area contributed by atoms with Gasteiger partial charge in [-0.2, -0.15) is 0 Å². The summed E-state index contributed by atoms with van der Waals surface area (Å²) in [6.07, 6.45) is 83.8. The van der Waals surface area contributed by atoms with Crippen LogP contribution >= 0.6 is 7.82 Å². The van der Waals surface area contributed by atoms with Crippen LogP contribution in [0.3, 0.4) is 0 Å². The Morgan fingerprint density at radius 2 is 0.675 bits per heavy atom. The second kappa shape index (κ2) is 60.5. The van der Waals surface area contributed by atoms with E-state index in [9.17, 15) is 19.0 Å². The van der Waals surface area contributed by atoms with Gasteiger partial charge in [0.2, 0.25) is 0 Å². The summed E-state index contributed by atoms with van der Waals surface area (Å²) in [5.74, 6) is -0.811. The molecular formula is C70H125NO8P+. The van der Waals surface area contributed by atoms with Crippen LogP contribution in [-0.4, -0.2) is 74.9 Å². The van der Waals surface area contributed by atoms with E-state index >= 15 is 0 Å². The van der Waals surface area contributed by atoms with E-state index in [0.717, 1.165) is 103 Å². The summed E-state index contributed by atoms with van der Waals surface area (Å²) in [4.78, 5) is 35.7. The Morgan fingerprint density at radius 1 is 0.388 bits per heavy atom. The van der Waals surface area contributed by atoms with Crippen LogP contribution in [0.4, 0.5) is 0 Å². The van der Waals surface area contributed by atoms with Crippen LogP contribution in [0.2, 0.25) is 0 Å². The Kier molecular flexibility index (Phi) is 58.2. The molecule has 0 amide bonds. The zero-order valence-electron chi connectivity index (χ0n) is 52.5. The number of nitrogens with zero attached hydrogens (tertiary/aromatic N) is 1. The number of unbranched alkanes of at least 4 members (excludes halogenated alkanes) is 30. The van der Waals surface area contributed by atoms with Crippen LogP contribution in [-0.2, 0) is 32.7 Å². The predicted molar refractivity (Wildman–Crippen MR) is 344 cm³/mol. The Morgan fingerprint density at radius 3 is 1.00 bits per heavy atom. The second-order valence-electron chi connectivity index (χ2n) is 23.1. The smallest absolute Gasteiger partial charge is 0.462 e. The quantitative estimate of drug-likeness (QED) is 0.0211. The maximum atomic E-state index is 12.8. The van der Waals surface area contributed by atoms with Crippen molar-refractivity contribution in [2.45, 2.75) is 290 Å². The fourth-order valence-corrected chi connectivity index (χ4v) is 9.86. The summed E-state index contributed by atoms with van der Waals surface area (Å²) in [6, 6.07) is 0. The van der Waals surface area contributed by atoms with Crippen molar-refractivity contribution in [2.24, 2.45) is 0 Å². The number of allylic oxidation sites excluding steroid dienone is 16. The van der Waals surface area contributed by atoms with Gasteiger partial charge in [-0.15, -0.1) is 0 Å². The molecule has 0 saturated carbocycles. The topological polar surface area (TPSA) is 108 Å². The van der Waals surface area contributed by atoms with Crippen LogP contribution in [0.15, 0.2) is 97.2 Å². The van der Waals surface area contributed by atoms with E-state index in [1.165, 1.54) is 148 Å². The normalized spacial score (nSPS) is 13.8. The number of likely N-dealkylation sites (N-methyl/N-ethyl adjacent to an activating group) is 1. The lowest BCUT2D eigenvalue weighted by molar-refractivity contribution is -0.870. The highest BCUT2D eigenvalue weighted by molar-refractivity contribution is 7.47. The summed E-state index contributed by atoms with van der Waals surface area (Å²) in [7, 11) is 1.47. The van der Waals surface area contributed by atoms with Crippen molar-refractivity contribution >= 4 is 19.8 Å². The van der Waals surface area contributed by atoms with Crippen molar-refractivity contribution < 1.29 is 42.1 Å². The molecule has 0 radical (unpaired) electrons. The SMILES string of the molecule is CC/C=C\C/C=C\C/C=C\C/C=C\C/C=C\CCCCCCCCCCCCCCCCCCCCCCCCCCCC(=O)OC(COC(=O)CCCCCCC/C=C\C/C=C\C/C=C\CC)COP(=O)(O)OCC[N+](C)(C)C. The molecule has 0 heterocycles. The Bertz CT molecular complexity index is 1670. The maximum absolute atomic E-state index is 12.8. The third-order valence-electron chi connectivity index (χ3n) is 14.1. The van der Waals surface area contributed by atoms with Gasteiger partial charge in [0.05, 0.1) is 27.7 Å². The van der Waals surface area contributed by atoms with Gasteiger partial charge in [-0.05, 0) is 89.9 Å². The summed E-state index contributed by atoms with van der Waals surface area (Å²) in [6.45, 7) is 4.20. The molecule has 0 aromatic rings. The maximum Gasteiger partial charge on any atom is 0.472 e. The minimum absolute atomic E-state index is 0.0272. The molecule has 9 nitrogen and oxygen atoms in total. The van der Waals surface area contributed by atoms with Gasteiger partial charge in [0.25, 0.3) is 0 Å². The fourth-order valence-electron chi connectivity index (χ4n) is 9.12. The summed E-state index contributed by atoms with van der Waals surface area (Å²) in [5.41, 5.74) is 0. The van der Waals surface area contributed by atoms with Crippen molar-refractivity contribution in [3.63, 3.8) is 0 Å². The first-order valence-corrected chi connectivity index (χ1v) is 34.5. The Balaban J connectivity index is 3.90. The lowest BCUT2D eigenvalue weighted by atomic mass is 10.0. The van der Waals surface area contributed by atoms with Crippen molar-refractivity contribution in [3.05, 3.63) is 97.2 Å². The zero-order chi connectivity index (χ0) is 58.4. The van der Waals surface area contributed by atoms with Crippen molar-refractivity contribution in [1.82, 2.24) is 0 Å². The number of carbonyl (C=O) groups is 2. The van der Waals surface area contributed by atoms with Crippen LogP contribution < -0.4 is 0 Å². The molecule has 0 aliphatic carbocycles. The molecule has 0 bridgehead atoms. The Hall–Kier alpha value is -3.07. The first kappa shape index (κ1) is 76.9. The van der Waals surface area contributed by atoms with Crippen LogP contribution in [0.25, 0.3) is 0 Å². The second-order valence-corrected chi connectivity index (χ2v) is 24.5. The van der Waals surface area contributed by atoms with E-state index in [1.807, 2.05) is 21.1 Å². The van der Waals surface area contributed by atoms with Gasteiger partial charge in [-0.25, -0.2) is 4.57 Å². The molecule has 10 heteroatoms. The highest BCUT2D eigenvalue weighted by Gasteiger charge is 2.27. The lowest BCUT2D eigenvalue weighted by Crippen LogP contribution is -2.37. The van der Waals surface area contributed by atoms with E-state index in [-0.39, 0.29) is 32.0 Å². The largest absolute Gasteiger partial charge is 0.472 e. The highest BCUT2D eigenvalue weighted by Crippen LogP contribution is 2.43. The first-order valence-electron chi connectivity index (χ1n) is 33.0. The summed E-state index contributed by atoms with van der Waals surface area (Å²) in [5, 5.41) is 0. The molecule has 0 aromatic heterocycles. The van der Waals surface area contributed by atoms with Crippen molar-refractivity contribution in [2.75, 3.05) is 47.5 Å². The van der Waals surface area contributed by atoms with Gasteiger partial charge in [-0.1, -0.05) is 278 Å². The molecule has 0 fully saturated rings. The molecule has 2 atom stereocenters. The van der Waals surface area contributed by atoms with Crippen LogP contribution in [0.1, 0.15) is 284 Å². The number of hydrogen-bond donors (Lipinski definition) is 1. The third-order valence-corrected chi connectivity index (χ3v) is 15.1. The minimum atomic E-state index is -4.39. The molecule has 0 saturated heterocycles. The monoisotopic (exact) mass is 1140 g/mol. The minimum Gasteiger partial charge on any atom is -0.462 e. The zero-order valence-corrected chi connectivity index (χ0v) is 53.4. The van der Waals surface area contributed by atoms with Gasteiger partial charge in [0.1, 0.15) is 19.8 Å². The molecule has 0 rings (SSSR count). The van der Waals surface area contributed by atoms with E-state index in [2.05, 4.69) is 111 Å². The Labute approximate surface area is 493 Å². The number of esters is 2. The fraction of sp³-hybridized carbons (Fsp3) is 0.743. The van der Waals surface area contributed by atoms with E-state index in [4.69, 9.17) is 18.5 Å². The average Bonchev–Trinajstić information content (AvgIpc) is 3.42. The molecule has 0 aliphatic heterocycles. The highest BCUT2D eigenvalue weighted by atomic mass is 31.2. The number of quaternary nitrogens is 1. The van der Waals surface area contributed by atoms with Crippen LogP contribution in [0.5, 0.6) is 0 Å². The number of phosphoric acid groups is 1. The van der Waals surface area contributed by atoms with Crippen molar-refractivity contribution in [1.29, 1.82) is 0 Å². The number of rotatable bonds is 60. The van der Waals surface area contributed by atoms with E-state index in [0.29, 0.717) is 17.4 Å². The van der Waals surface area contributed by atoms with Crippen LogP contribution in [0, 0.1) is 0 Å². The van der Waals surface area contributed by atoms with E-state index in [1.54, 1.807) is 0 Å². The molecular weight excluding hydrogens is 1010 g/mol. The molecule has 0 spiro atoms. The number of phosphoric ester groups is 1. The van der Waals surface area contributed by atoms with Gasteiger partial charge in [0, 0.05) is 12.8 Å². The molecule has 80 heavy (non-hydrogen) atoms. The predicted octanol–water partition coefficient (Wildman–Crippen LogP) is 21.2. The average molecular weight is 1140 g/mol. The lowest BCUT2D eigenvalue weighted by Gasteiger charge is -2.24. The summed E-state index contributed by atoms with van der Waals surface area (Å²) >= 11 is 0. The van der Waals surface area contributed by atoms with Gasteiger partial charge in [0.15, 0.2) is 6.10 Å². The standard InChI is InChI=1S/C70H124NO8P/c1-6-8-10-12-14-16-18-20-22-23-24-25-26-27-28-29-30-31-32-33-34-35-36-37-38-39-40-41-42-43-44-45-46-47-49-51-53-55-57-59-61-63-70(73)79-68(67-78-80(74,75)77-65-64-71(3,4)5)66-76-69(72)62-60-58-56-54-52-50-48-21-19-17-15-13-11-9-7-2/h8-11,14-17,20-22,24-25,27-28,48,68H,6-7,12-13,18-19,23,26,29-47,49-67H2,1-5H3/p+1/b10-8-,11-9-,16-14-,17-15-,22-20-,25-24-,28-27-,48-21-. The number of carbonyl (C=O) groups excluding carboxylic acids is 2. The number of ether oxygens (including phenoxy) is 2. The molecule has 2 unspecified atom stereocenters. The molecule has 0 aliphatic rings. The van der Waals surface area contributed by atoms with E-state index < -0.39 is 26.5 Å². The molecule has 0 aromatic carbocycles. The third kappa shape index (κ3) is 64.1. The first-order chi connectivity index (χ1) is 39.0. The molecule has 1 N–H and O–H groups in total. The van der Waals surface area contributed by atoms with Crippen molar-refractivity contribution in [3.8, 4) is 0 Å². The van der Waals surface area contributed by atoms with Gasteiger partial charge >= 0.3 is 19.8 Å². The molecule has 462 valence electrons. The van der Waals surface area contributed by atoms with Gasteiger partial charge in [-0.3, -0.25) is 18.6 Å². The summed E-state index contributed by atoms with van der Waals surface area (Å²) < 4.78 is 34.6. The van der Waals surface area contributed by atoms with Gasteiger partial charge < -0.3 is 18.9 Å². The number of hydrogen-bond acceptors (Lipinski definition) is 7.